The Bertz CT molecular complexity index is 540. The summed E-state index contributed by atoms with van der Waals surface area (Å²) in [5.74, 6) is 1.05. The molecular weight excluding hydrogens is 251 g/mol. The van der Waals surface area contributed by atoms with Gasteiger partial charge in [0.1, 0.15) is 11.6 Å². The van der Waals surface area contributed by atoms with Crippen LogP contribution in [0.15, 0.2) is 36.5 Å². The van der Waals surface area contributed by atoms with E-state index in [1.54, 1.807) is 18.3 Å². The molecule has 0 saturated carbocycles. The van der Waals surface area contributed by atoms with Gasteiger partial charge in [-0.1, -0.05) is 0 Å². The summed E-state index contributed by atoms with van der Waals surface area (Å²) in [5.41, 5.74) is 2.93. The van der Waals surface area contributed by atoms with Crippen LogP contribution in [0.2, 0.25) is 0 Å². The van der Waals surface area contributed by atoms with Crippen LogP contribution in [0.1, 0.15) is 11.1 Å². The van der Waals surface area contributed by atoms with E-state index in [2.05, 4.69) is 4.98 Å². The first-order valence-electron chi connectivity index (χ1n) is 5.62. The Hall–Kier alpha value is -1.61. The first-order chi connectivity index (χ1) is 8.61. The fraction of sp³-hybridized carbons (Fsp3) is 0.214. The topological polar surface area (TPSA) is 16.1 Å². The highest BCUT2D eigenvalue weighted by molar-refractivity contribution is 6.17. The fourth-order valence-corrected chi connectivity index (χ4v) is 1.98. The molecule has 0 spiro atoms. The third kappa shape index (κ3) is 2.62. The maximum atomic E-state index is 12.9. The molecule has 2 nitrogen and oxygen atoms in total. The number of hydrogen-bond acceptors (Lipinski definition) is 2. The van der Waals surface area contributed by atoms with Gasteiger partial charge in [-0.25, -0.2) is 9.37 Å². The molecule has 1 heterocycles. The predicted octanol–water partition coefficient (Wildman–Crippen LogP) is 4.04. The zero-order valence-corrected chi connectivity index (χ0v) is 11.1. The van der Waals surface area contributed by atoms with E-state index in [1.165, 1.54) is 12.1 Å². The van der Waals surface area contributed by atoms with Crippen molar-refractivity contribution in [2.75, 3.05) is 11.9 Å². The second-order valence-corrected chi connectivity index (χ2v) is 4.42. The lowest BCUT2D eigenvalue weighted by Crippen LogP contribution is -2.12. The Morgan fingerprint density at radius 1 is 1.28 bits per heavy atom. The highest BCUT2D eigenvalue weighted by Gasteiger charge is 2.09. The van der Waals surface area contributed by atoms with E-state index in [0.717, 1.165) is 22.6 Å². The molecule has 18 heavy (non-hydrogen) atoms. The molecule has 0 amide bonds. The van der Waals surface area contributed by atoms with Crippen molar-refractivity contribution >= 4 is 23.1 Å². The highest BCUT2D eigenvalue weighted by atomic mass is 35.5. The third-order valence-corrected chi connectivity index (χ3v) is 3.10. The zero-order valence-electron chi connectivity index (χ0n) is 10.3. The largest absolute Gasteiger partial charge is 0.329 e. The Morgan fingerprint density at radius 3 is 2.50 bits per heavy atom. The lowest BCUT2D eigenvalue weighted by molar-refractivity contribution is 0.628. The van der Waals surface area contributed by atoms with Crippen LogP contribution in [0.25, 0.3) is 0 Å². The van der Waals surface area contributed by atoms with Gasteiger partial charge in [0.2, 0.25) is 0 Å². The molecule has 94 valence electrons. The van der Waals surface area contributed by atoms with Gasteiger partial charge >= 0.3 is 0 Å². The van der Waals surface area contributed by atoms with Crippen LogP contribution in [0.4, 0.5) is 15.9 Å². The normalized spacial score (nSPS) is 10.4. The van der Waals surface area contributed by atoms with Gasteiger partial charge in [-0.2, -0.15) is 0 Å². The van der Waals surface area contributed by atoms with E-state index < -0.39 is 0 Å². The molecule has 0 aliphatic rings. The van der Waals surface area contributed by atoms with Crippen molar-refractivity contribution in [2.24, 2.45) is 0 Å². The minimum absolute atomic E-state index is 0.241. The van der Waals surface area contributed by atoms with Crippen LogP contribution in [0.5, 0.6) is 0 Å². The van der Waals surface area contributed by atoms with E-state index in [4.69, 9.17) is 11.6 Å². The molecule has 0 fully saturated rings. The van der Waals surface area contributed by atoms with Crippen molar-refractivity contribution in [2.45, 2.75) is 12.8 Å². The Labute approximate surface area is 111 Å². The van der Waals surface area contributed by atoms with Gasteiger partial charge in [0, 0.05) is 24.8 Å². The van der Waals surface area contributed by atoms with Gasteiger partial charge in [-0.15, -0.1) is 11.6 Å². The number of alkyl halides is 1. The van der Waals surface area contributed by atoms with E-state index in [0.29, 0.717) is 5.88 Å². The summed E-state index contributed by atoms with van der Waals surface area (Å²) in [6, 6.07) is 8.34. The number of pyridine rings is 1. The smallest absolute Gasteiger partial charge is 0.135 e. The van der Waals surface area contributed by atoms with E-state index in [1.807, 2.05) is 24.9 Å². The molecule has 1 aromatic carbocycles. The molecule has 0 aliphatic heterocycles. The summed E-state index contributed by atoms with van der Waals surface area (Å²) < 4.78 is 12.9. The summed E-state index contributed by atoms with van der Waals surface area (Å²) in [6.45, 7) is 1.98. The average Bonchev–Trinajstić information content (AvgIpc) is 2.38. The molecule has 2 rings (SSSR count). The van der Waals surface area contributed by atoms with Crippen LogP contribution in [0, 0.1) is 12.7 Å². The third-order valence-electron chi connectivity index (χ3n) is 2.79. The van der Waals surface area contributed by atoms with Crippen LogP contribution in [-0.4, -0.2) is 12.0 Å². The van der Waals surface area contributed by atoms with Gasteiger partial charge in [0.15, 0.2) is 0 Å². The Kier molecular flexibility index (Phi) is 3.82. The van der Waals surface area contributed by atoms with Crippen molar-refractivity contribution in [3.8, 4) is 0 Å². The van der Waals surface area contributed by atoms with E-state index in [9.17, 15) is 4.39 Å². The summed E-state index contributed by atoms with van der Waals surface area (Å²) in [5, 5.41) is 0. The predicted molar refractivity (Wildman–Crippen MR) is 73.0 cm³/mol. The maximum absolute atomic E-state index is 12.9. The Balaban J connectivity index is 2.33. The SMILES string of the molecule is Cc1cc(CCl)cnc1N(C)c1ccc(F)cc1. The average molecular weight is 265 g/mol. The van der Waals surface area contributed by atoms with Crippen LogP contribution < -0.4 is 4.90 Å². The minimum atomic E-state index is -0.241. The van der Waals surface area contributed by atoms with Gasteiger partial charge in [0.25, 0.3) is 0 Å². The van der Waals surface area contributed by atoms with Crippen molar-refractivity contribution in [3.63, 3.8) is 0 Å². The van der Waals surface area contributed by atoms with Crippen molar-refractivity contribution in [1.29, 1.82) is 0 Å². The zero-order chi connectivity index (χ0) is 13.1. The van der Waals surface area contributed by atoms with E-state index >= 15 is 0 Å². The maximum Gasteiger partial charge on any atom is 0.135 e. The highest BCUT2D eigenvalue weighted by Crippen LogP contribution is 2.25. The monoisotopic (exact) mass is 264 g/mol. The number of aromatic nitrogens is 1. The van der Waals surface area contributed by atoms with Crippen molar-refractivity contribution in [3.05, 3.63) is 53.5 Å². The van der Waals surface area contributed by atoms with Crippen molar-refractivity contribution < 1.29 is 4.39 Å². The lowest BCUT2D eigenvalue weighted by atomic mass is 10.2. The second-order valence-electron chi connectivity index (χ2n) is 4.15. The van der Waals surface area contributed by atoms with Crippen molar-refractivity contribution in [1.82, 2.24) is 4.98 Å². The molecule has 0 radical (unpaired) electrons. The molecule has 2 aromatic rings. The molecular formula is C14H14ClFN2. The number of nitrogens with zero attached hydrogens (tertiary/aromatic N) is 2. The molecule has 0 unspecified atom stereocenters. The number of rotatable bonds is 3. The molecule has 1 aromatic heterocycles. The van der Waals surface area contributed by atoms with Crippen LogP contribution in [0.3, 0.4) is 0 Å². The Morgan fingerprint density at radius 2 is 1.94 bits per heavy atom. The van der Waals surface area contributed by atoms with Crippen LogP contribution in [-0.2, 0) is 5.88 Å². The number of benzene rings is 1. The molecule has 4 heteroatoms. The van der Waals surface area contributed by atoms with Gasteiger partial charge in [-0.3, -0.25) is 0 Å². The van der Waals surface area contributed by atoms with Gasteiger partial charge < -0.3 is 4.90 Å². The fourth-order valence-electron chi connectivity index (χ4n) is 1.84. The number of anilines is 2. The first kappa shape index (κ1) is 12.8. The first-order valence-corrected chi connectivity index (χ1v) is 6.16. The summed E-state index contributed by atoms with van der Waals surface area (Å²) in [4.78, 5) is 6.32. The molecule has 0 N–H and O–H groups in total. The molecule has 0 bridgehead atoms. The number of aryl methyl sites for hydroxylation is 1. The number of hydrogen-bond donors (Lipinski definition) is 0. The summed E-state index contributed by atoms with van der Waals surface area (Å²) >= 11 is 5.77. The standard InChI is InChI=1S/C14H14ClFN2/c1-10-7-11(8-15)9-17-14(10)18(2)13-5-3-12(16)4-6-13/h3-7,9H,8H2,1-2H3. The number of halogens is 2. The quantitative estimate of drug-likeness (QED) is 0.778. The molecule has 0 aliphatic carbocycles. The lowest BCUT2D eigenvalue weighted by Gasteiger charge is -2.20. The summed E-state index contributed by atoms with van der Waals surface area (Å²) in [6.07, 6.45) is 1.76. The summed E-state index contributed by atoms with van der Waals surface area (Å²) in [7, 11) is 1.91. The van der Waals surface area contributed by atoms with Crippen LogP contribution >= 0.6 is 11.6 Å². The molecule has 0 atom stereocenters. The minimum Gasteiger partial charge on any atom is -0.329 e. The van der Waals surface area contributed by atoms with Gasteiger partial charge in [-0.05, 0) is 48.4 Å². The van der Waals surface area contributed by atoms with Gasteiger partial charge in [0.05, 0.1) is 0 Å². The van der Waals surface area contributed by atoms with E-state index in [-0.39, 0.29) is 5.82 Å². The second kappa shape index (κ2) is 5.36. The molecule has 0 saturated heterocycles.